The molecule has 0 saturated carbocycles. The number of amides is 1. The number of nitrogens with zero attached hydrogens (tertiary/aromatic N) is 1. The Bertz CT molecular complexity index is 514. The third-order valence-electron chi connectivity index (χ3n) is 3.03. The Morgan fingerprint density at radius 3 is 2.81 bits per heavy atom. The van der Waals surface area contributed by atoms with Gasteiger partial charge >= 0.3 is 12.1 Å². The van der Waals surface area contributed by atoms with Crippen molar-refractivity contribution in [3.8, 4) is 0 Å². The first-order valence-corrected chi connectivity index (χ1v) is 6.56. The van der Waals surface area contributed by atoms with Gasteiger partial charge in [-0.1, -0.05) is 30.3 Å². The minimum atomic E-state index is -0.833. The second-order valence-electron chi connectivity index (χ2n) is 4.40. The van der Waals surface area contributed by atoms with Crippen LogP contribution in [0.5, 0.6) is 0 Å². The highest BCUT2D eigenvalue weighted by molar-refractivity contribution is 5.83. The average Bonchev–Trinajstić information content (AvgIpc) is 2.78. The van der Waals surface area contributed by atoms with Crippen LogP contribution in [-0.4, -0.2) is 43.3 Å². The maximum atomic E-state index is 12.2. The Balaban J connectivity index is 2.01. The predicted octanol–water partition coefficient (Wildman–Crippen LogP) is 1.71. The number of methoxy groups -OCH3 is 1. The molecule has 0 spiro atoms. The third-order valence-corrected chi connectivity index (χ3v) is 3.03. The Labute approximate surface area is 122 Å². The molecule has 1 unspecified atom stereocenters. The van der Waals surface area contributed by atoms with Crippen LogP contribution >= 0.6 is 0 Å². The third kappa shape index (κ3) is 3.98. The maximum absolute atomic E-state index is 12.2. The smallest absolute Gasteiger partial charge is 0.411 e. The summed E-state index contributed by atoms with van der Waals surface area (Å²) >= 11 is 0. The average molecular weight is 291 g/mol. The molecule has 1 atom stereocenters. The van der Waals surface area contributed by atoms with Gasteiger partial charge in [0.1, 0.15) is 13.2 Å². The molecule has 112 valence electrons. The maximum Gasteiger partial charge on any atom is 0.411 e. The van der Waals surface area contributed by atoms with Crippen molar-refractivity contribution in [1.82, 2.24) is 4.90 Å². The second-order valence-corrected chi connectivity index (χ2v) is 4.40. The molecule has 0 N–H and O–H groups in total. The normalized spacial score (nSPS) is 17.6. The van der Waals surface area contributed by atoms with Gasteiger partial charge in [-0.3, -0.25) is 4.90 Å². The van der Waals surface area contributed by atoms with E-state index in [2.05, 4.69) is 0 Å². The minimum absolute atomic E-state index is 0.147. The molecule has 1 aliphatic heterocycles. The monoisotopic (exact) mass is 291 g/mol. The molecule has 0 bridgehead atoms. The van der Waals surface area contributed by atoms with E-state index in [0.29, 0.717) is 6.61 Å². The van der Waals surface area contributed by atoms with E-state index in [1.807, 2.05) is 30.3 Å². The molecule has 6 heteroatoms. The first-order valence-electron chi connectivity index (χ1n) is 6.56. The van der Waals surface area contributed by atoms with Crippen molar-refractivity contribution in [2.45, 2.75) is 12.6 Å². The van der Waals surface area contributed by atoms with Crippen molar-refractivity contribution < 1.29 is 23.8 Å². The van der Waals surface area contributed by atoms with Gasteiger partial charge in [0.2, 0.25) is 0 Å². The second kappa shape index (κ2) is 7.33. The first kappa shape index (κ1) is 14.9. The zero-order valence-electron chi connectivity index (χ0n) is 11.7. The van der Waals surface area contributed by atoms with Crippen LogP contribution in [-0.2, 0) is 25.6 Å². The van der Waals surface area contributed by atoms with E-state index < -0.39 is 18.1 Å². The summed E-state index contributed by atoms with van der Waals surface area (Å²) in [7, 11) is 1.27. The fraction of sp³-hybridized carbons (Fsp3) is 0.333. The van der Waals surface area contributed by atoms with Crippen molar-refractivity contribution in [3.63, 3.8) is 0 Å². The summed E-state index contributed by atoms with van der Waals surface area (Å²) in [5, 5.41) is 0. The molecule has 21 heavy (non-hydrogen) atoms. The largest absolute Gasteiger partial charge is 0.500 e. The van der Waals surface area contributed by atoms with Gasteiger partial charge in [0, 0.05) is 0 Å². The van der Waals surface area contributed by atoms with Gasteiger partial charge in [-0.15, -0.1) is 0 Å². The van der Waals surface area contributed by atoms with Crippen molar-refractivity contribution in [2.75, 3.05) is 20.3 Å². The topological polar surface area (TPSA) is 65.1 Å². The number of benzene rings is 1. The van der Waals surface area contributed by atoms with Gasteiger partial charge in [-0.2, -0.15) is 0 Å². The summed E-state index contributed by atoms with van der Waals surface area (Å²) < 4.78 is 15.1. The number of rotatable bonds is 3. The lowest BCUT2D eigenvalue weighted by atomic mass is 10.2. The van der Waals surface area contributed by atoms with Crippen LogP contribution in [0.15, 0.2) is 42.7 Å². The molecule has 2 rings (SSSR count). The lowest BCUT2D eigenvalue weighted by Gasteiger charge is -2.25. The van der Waals surface area contributed by atoms with E-state index >= 15 is 0 Å². The summed E-state index contributed by atoms with van der Waals surface area (Å²) in [6, 6.07) is 8.50. The zero-order chi connectivity index (χ0) is 15.1. The standard InChI is InChI=1S/C15H17NO5/c1-19-14(17)13-7-9-20-10-8-16(13)15(18)21-11-12-5-3-2-4-6-12/h2-7,9,13H,8,10-11H2,1H3. The quantitative estimate of drug-likeness (QED) is 0.793. The van der Waals surface area contributed by atoms with E-state index in [9.17, 15) is 9.59 Å². The van der Waals surface area contributed by atoms with Crippen molar-refractivity contribution in [3.05, 3.63) is 48.2 Å². The molecule has 1 aromatic rings. The van der Waals surface area contributed by atoms with Gasteiger partial charge in [0.05, 0.1) is 19.9 Å². The van der Waals surface area contributed by atoms with Crippen LogP contribution in [0.1, 0.15) is 5.56 Å². The molecule has 0 radical (unpaired) electrons. The zero-order valence-corrected chi connectivity index (χ0v) is 11.7. The molecule has 1 heterocycles. The Kier molecular flexibility index (Phi) is 5.20. The minimum Gasteiger partial charge on any atom is -0.500 e. The number of carbonyl (C=O) groups is 2. The number of hydrogen-bond donors (Lipinski definition) is 0. The molecule has 1 aliphatic rings. The highest BCUT2D eigenvalue weighted by Gasteiger charge is 2.31. The van der Waals surface area contributed by atoms with E-state index in [-0.39, 0.29) is 13.2 Å². The van der Waals surface area contributed by atoms with E-state index in [1.165, 1.54) is 24.3 Å². The molecule has 0 saturated heterocycles. The Hall–Kier alpha value is -2.50. The molecular formula is C15H17NO5. The highest BCUT2D eigenvalue weighted by atomic mass is 16.6. The summed E-state index contributed by atoms with van der Waals surface area (Å²) in [5.74, 6) is -0.534. The molecule has 1 amide bonds. The summed E-state index contributed by atoms with van der Waals surface area (Å²) in [6.45, 7) is 0.694. The fourth-order valence-electron chi connectivity index (χ4n) is 1.93. The number of ether oxygens (including phenoxy) is 3. The SMILES string of the molecule is COC(=O)C1C=COCCN1C(=O)OCc1ccccc1. The van der Waals surface area contributed by atoms with Gasteiger partial charge in [0.25, 0.3) is 0 Å². The molecule has 6 nitrogen and oxygen atoms in total. The van der Waals surface area contributed by atoms with Gasteiger partial charge in [0.15, 0.2) is 6.04 Å². The van der Waals surface area contributed by atoms with Crippen LogP contribution in [0.2, 0.25) is 0 Å². The summed E-state index contributed by atoms with van der Waals surface area (Å²) in [5.41, 5.74) is 0.877. The van der Waals surface area contributed by atoms with Crippen molar-refractivity contribution >= 4 is 12.1 Å². The van der Waals surface area contributed by atoms with E-state index in [0.717, 1.165) is 5.56 Å². The first-order chi connectivity index (χ1) is 10.2. The lowest BCUT2D eigenvalue weighted by Crippen LogP contribution is -2.45. The summed E-state index contributed by atoms with van der Waals surface area (Å²) in [4.78, 5) is 25.2. The van der Waals surface area contributed by atoms with Gasteiger partial charge in [-0.25, -0.2) is 9.59 Å². The van der Waals surface area contributed by atoms with Crippen LogP contribution in [0.25, 0.3) is 0 Å². The number of carbonyl (C=O) groups excluding carboxylic acids is 2. The van der Waals surface area contributed by atoms with Crippen molar-refractivity contribution in [1.29, 1.82) is 0 Å². The molecule has 1 aromatic carbocycles. The van der Waals surface area contributed by atoms with Crippen LogP contribution in [0, 0.1) is 0 Å². The van der Waals surface area contributed by atoms with E-state index in [4.69, 9.17) is 14.2 Å². The van der Waals surface area contributed by atoms with Gasteiger partial charge < -0.3 is 14.2 Å². The van der Waals surface area contributed by atoms with Crippen LogP contribution < -0.4 is 0 Å². The molecule has 0 aliphatic carbocycles. The molecule has 0 aromatic heterocycles. The Morgan fingerprint density at radius 2 is 2.10 bits per heavy atom. The van der Waals surface area contributed by atoms with Crippen LogP contribution in [0.3, 0.4) is 0 Å². The fourth-order valence-corrected chi connectivity index (χ4v) is 1.93. The van der Waals surface area contributed by atoms with Gasteiger partial charge in [-0.05, 0) is 11.6 Å². The predicted molar refractivity (Wildman–Crippen MR) is 74.2 cm³/mol. The number of hydrogen-bond acceptors (Lipinski definition) is 5. The summed E-state index contributed by atoms with van der Waals surface area (Å²) in [6.07, 6.45) is 2.29. The number of esters is 1. The van der Waals surface area contributed by atoms with Crippen molar-refractivity contribution in [2.24, 2.45) is 0 Å². The highest BCUT2D eigenvalue weighted by Crippen LogP contribution is 2.11. The lowest BCUT2D eigenvalue weighted by molar-refractivity contribution is -0.144. The molecular weight excluding hydrogens is 274 g/mol. The van der Waals surface area contributed by atoms with E-state index in [1.54, 1.807) is 0 Å². The van der Waals surface area contributed by atoms with Crippen LogP contribution in [0.4, 0.5) is 4.79 Å². The molecule has 0 fully saturated rings. The Morgan fingerprint density at radius 1 is 1.33 bits per heavy atom.